The summed E-state index contributed by atoms with van der Waals surface area (Å²) in [5.41, 5.74) is 8.35. The number of Topliss-reactive ketones (excluding diaryl/α,β-unsaturated/α-hetero) is 1. The Morgan fingerprint density at radius 2 is 1.81 bits per heavy atom. The molecule has 8 atom stereocenters. The Morgan fingerprint density at radius 1 is 1.07 bits per heavy atom. The number of ketones is 1. The predicted octanol–water partition coefficient (Wildman–Crippen LogP) is 5.28. The third kappa shape index (κ3) is 2.84. The molecule has 0 aromatic heterocycles. The van der Waals surface area contributed by atoms with E-state index in [4.69, 9.17) is 5.53 Å². The van der Waals surface area contributed by atoms with E-state index in [1.54, 1.807) is 6.92 Å². The van der Waals surface area contributed by atoms with Crippen molar-refractivity contribution >= 4 is 5.78 Å². The Morgan fingerprint density at radius 3 is 2.52 bits per heavy atom. The van der Waals surface area contributed by atoms with Gasteiger partial charge in [0.25, 0.3) is 0 Å². The summed E-state index contributed by atoms with van der Waals surface area (Å²) in [5, 5.41) is 14.6. The molecule has 150 valence electrons. The van der Waals surface area contributed by atoms with Crippen molar-refractivity contribution in [1.82, 2.24) is 0 Å². The van der Waals surface area contributed by atoms with Gasteiger partial charge in [0.2, 0.25) is 0 Å². The molecule has 5 heteroatoms. The van der Waals surface area contributed by atoms with Crippen molar-refractivity contribution in [3.8, 4) is 0 Å². The lowest BCUT2D eigenvalue weighted by molar-refractivity contribution is -0.151. The highest BCUT2D eigenvalue weighted by atomic mass is 16.3. The SMILES string of the molecule is CC(=O)[C@H]1CC[C@H]2[C@@H]3CC[C@H]4C[C@@](O)(CN=[N+]=[N-])CC[C@]4(C)[C@H]3CC[C@]12C. The van der Waals surface area contributed by atoms with E-state index in [1.807, 2.05) is 0 Å². The molecule has 4 aliphatic carbocycles. The van der Waals surface area contributed by atoms with Crippen LogP contribution in [-0.4, -0.2) is 23.0 Å². The Hall–Kier alpha value is -1.06. The second kappa shape index (κ2) is 6.49. The molecule has 0 unspecified atom stereocenters. The van der Waals surface area contributed by atoms with Crippen LogP contribution in [0, 0.1) is 40.4 Å². The van der Waals surface area contributed by atoms with E-state index in [0.717, 1.165) is 37.5 Å². The molecule has 0 saturated heterocycles. The quantitative estimate of drug-likeness (QED) is 0.415. The van der Waals surface area contributed by atoms with E-state index < -0.39 is 5.60 Å². The maximum absolute atomic E-state index is 12.3. The lowest BCUT2D eigenvalue weighted by Crippen LogP contribution is -2.56. The molecule has 0 bridgehead atoms. The number of hydrogen-bond donors (Lipinski definition) is 1. The Labute approximate surface area is 162 Å². The van der Waals surface area contributed by atoms with Crippen LogP contribution in [0.4, 0.5) is 0 Å². The minimum absolute atomic E-state index is 0.213. The molecule has 0 aliphatic heterocycles. The maximum Gasteiger partial charge on any atom is 0.133 e. The molecular weight excluding hydrogens is 338 g/mol. The standard InChI is InChI=1S/C22H35N3O2/c1-14(26)17-6-7-18-16-5-4-15-12-22(27,13-24-25-23)11-10-20(15,2)19(16)8-9-21(17,18)3/h15-19,27H,4-13H2,1-3H3/t15-,16-,17+,18-,19-,20-,21+,22+/m0/s1. The van der Waals surface area contributed by atoms with Gasteiger partial charge in [-0.1, -0.05) is 19.0 Å². The van der Waals surface area contributed by atoms with E-state index >= 15 is 0 Å². The van der Waals surface area contributed by atoms with E-state index in [9.17, 15) is 9.90 Å². The Balaban J connectivity index is 1.56. The average Bonchev–Trinajstić information content (AvgIpc) is 2.98. The topological polar surface area (TPSA) is 86.1 Å². The first-order valence-electron chi connectivity index (χ1n) is 11.0. The Kier molecular flexibility index (Phi) is 4.63. The highest BCUT2D eigenvalue weighted by molar-refractivity contribution is 5.79. The van der Waals surface area contributed by atoms with Gasteiger partial charge in [0.1, 0.15) is 5.78 Å². The molecule has 0 aromatic rings. The van der Waals surface area contributed by atoms with E-state index in [2.05, 4.69) is 23.9 Å². The zero-order chi connectivity index (χ0) is 19.4. The fraction of sp³-hybridized carbons (Fsp3) is 0.955. The van der Waals surface area contributed by atoms with Crippen LogP contribution >= 0.6 is 0 Å². The summed E-state index contributed by atoms with van der Waals surface area (Å²) in [6.45, 7) is 6.89. The van der Waals surface area contributed by atoms with Crippen molar-refractivity contribution in [2.75, 3.05) is 6.54 Å². The molecule has 0 heterocycles. The summed E-state index contributed by atoms with van der Waals surface area (Å²) in [4.78, 5) is 15.1. The van der Waals surface area contributed by atoms with E-state index in [-0.39, 0.29) is 17.9 Å². The van der Waals surface area contributed by atoms with Crippen molar-refractivity contribution in [1.29, 1.82) is 0 Å². The molecule has 4 saturated carbocycles. The average molecular weight is 374 g/mol. The minimum atomic E-state index is -0.806. The van der Waals surface area contributed by atoms with Crippen LogP contribution in [0.1, 0.15) is 78.6 Å². The van der Waals surface area contributed by atoms with Gasteiger partial charge in [-0.3, -0.25) is 4.79 Å². The third-order valence-electron chi connectivity index (χ3n) is 9.74. The molecule has 4 aliphatic rings. The normalized spacial score (nSPS) is 51.5. The van der Waals surface area contributed by atoms with Crippen LogP contribution in [0.3, 0.4) is 0 Å². The first-order chi connectivity index (χ1) is 12.7. The summed E-state index contributed by atoms with van der Waals surface area (Å²) in [5.74, 6) is 3.38. The second-order valence-corrected chi connectivity index (χ2v) is 10.8. The van der Waals surface area contributed by atoms with Crippen molar-refractivity contribution < 1.29 is 9.90 Å². The van der Waals surface area contributed by atoms with Gasteiger partial charge in [-0.25, -0.2) is 0 Å². The molecule has 5 nitrogen and oxygen atoms in total. The second-order valence-electron chi connectivity index (χ2n) is 10.8. The molecule has 0 spiro atoms. The summed E-state index contributed by atoms with van der Waals surface area (Å²) in [6.07, 6.45) is 9.73. The van der Waals surface area contributed by atoms with Gasteiger partial charge < -0.3 is 5.11 Å². The number of azide groups is 1. The van der Waals surface area contributed by atoms with Crippen LogP contribution in [0.15, 0.2) is 5.11 Å². The van der Waals surface area contributed by atoms with E-state index in [1.165, 1.54) is 32.1 Å². The highest BCUT2D eigenvalue weighted by Gasteiger charge is 2.61. The first kappa shape index (κ1) is 19.3. The number of hydrogen-bond acceptors (Lipinski definition) is 3. The van der Waals surface area contributed by atoms with Crippen LogP contribution in [0.25, 0.3) is 10.4 Å². The van der Waals surface area contributed by atoms with Crippen molar-refractivity contribution in [2.24, 2.45) is 45.5 Å². The zero-order valence-corrected chi connectivity index (χ0v) is 17.2. The molecular formula is C22H35N3O2. The van der Waals surface area contributed by atoms with Gasteiger partial charge >= 0.3 is 0 Å². The highest BCUT2D eigenvalue weighted by Crippen LogP contribution is 2.68. The van der Waals surface area contributed by atoms with Gasteiger partial charge in [0.05, 0.1) is 12.1 Å². The number of carbonyl (C=O) groups excluding carboxylic acids is 1. The lowest BCUT2D eigenvalue weighted by Gasteiger charge is -2.62. The molecule has 0 amide bonds. The number of rotatable bonds is 3. The van der Waals surface area contributed by atoms with Crippen LogP contribution in [0.5, 0.6) is 0 Å². The maximum atomic E-state index is 12.3. The van der Waals surface area contributed by atoms with Gasteiger partial charge in [-0.05, 0) is 105 Å². The minimum Gasteiger partial charge on any atom is -0.390 e. The first-order valence-corrected chi connectivity index (χ1v) is 11.0. The van der Waals surface area contributed by atoms with Gasteiger partial charge in [0, 0.05) is 10.8 Å². The monoisotopic (exact) mass is 373 g/mol. The number of aliphatic hydroxyl groups is 1. The fourth-order valence-electron chi connectivity index (χ4n) is 8.30. The smallest absolute Gasteiger partial charge is 0.133 e. The van der Waals surface area contributed by atoms with Crippen molar-refractivity contribution in [3.05, 3.63) is 10.4 Å². The molecule has 27 heavy (non-hydrogen) atoms. The number of fused-ring (bicyclic) bond motifs is 5. The van der Waals surface area contributed by atoms with Crippen molar-refractivity contribution in [3.63, 3.8) is 0 Å². The van der Waals surface area contributed by atoms with Crippen LogP contribution < -0.4 is 0 Å². The molecule has 1 N–H and O–H groups in total. The fourth-order valence-corrected chi connectivity index (χ4v) is 8.30. The number of carbonyl (C=O) groups is 1. The molecule has 0 radical (unpaired) electrons. The summed E-state index contributed by atoms with van der Waals surface area (Å²) < 4.78 is 0. The van der Waals surface area contributed by atoms with Crippen LogP contribution in [0.2, 0.25) is 0 Å². The largest absolute Gasteiger partial charge is 0.390 e. The third-order valence-corrected chi connectivity index (χ3v) is 9.74. The van der Waals surface area contributed by atoms with Crippen molar-refractivity contribution in [2.45, 2.75) is 84.2 Å². The lowest BCUT2D eigenvalue weighted by atomic mass is 9.44. The Bertz CT molecular complexity index is 674. The van der Waals surface area contributed by atoms with E-state index in [0.29, 0.717) is 23.0 Å². The van der Waals surface area contributed by atoms with Crippen LogP contribution in [-0.2, 0) is 4.79 Å². The van der Waals surface area contributed by atoms with Gasteiger partial charge in [-0.15, -0.1) is 0 Å². The molecule has 4 fully saturated rings. The molecule has 0 aromatic carbocycles. The summed E-state index contributed by atoms with van der Waals surface area (Å²) in [7, 11) is 0. The predicted molar refractivity (Wildman–Crippen MR) is 105 cm³/mol. The molecule has 4 rings (SSSR count). The summed E-state index contributed by atoms with van der Waals surface area (Å²) in [6, 6.07) is 0. The van der Waals surface area contributed by atoms with Gasteiger partial charge in [0.15, 0.2) is 0 Å². The number of nitrogens with zero attached hydrogens (tertiary/aromatic N) is 3. The van der Waals surface area contributed by atoms with Gasteiger partial charge in [-0.2, -0.15) is 0 Å². The zero-order valence-electron chi connectivity index (χ0n) is 17.2. The summed E-state index contributed by atoms with van der Waals surface area (Å²) >= 11 is 0.